The van der Waals surface area contributed by atoms with Gasteiger partial charge in [-0.3, -0.25) is 0 Å². The van der Waals surface area contributed by atoms with E-state index in [1.54, 1.807) is 0 Å². The molecule has 0 radical (unpaired) electrons. The Labute approximate surface area is 77.3 Å². The van der Waals surface area contributed by atoms with E-state index in [0.29, 0.717) is 0 Å². The minimum atomic E-state index is -0.122. The van der Waals surface area contributed by atoms with Gasteiger partial charge in [-0.1, -0.05) is 41.9 Å². The van der Waals surface area contributed by atoms with Crippen molar-refractivity contribution in [2.75, 3.05) is 0 Å². The summed E-state index contributed by atoms with van der Waals surface area (Å²) in [6.07, 6.45) is 0.905. The summed E-state index contributed by atoms with van der Waals surface area (Å²) >= 11 is 5.82. The minimum Gasteiger partial charge on any atom is -0.349 e. The first-order valence-electron chi connectivity index (χ1n) is 4.06. The predicted molar refractivity (Wildman–Crippen MR) is 49.3 cm³/mol. The second-order valence-corrected chi connectivity index (χ2v) is 3.81. The van der Waals surface area contributed by atoms with Crippen molar-refractivity contribution >= 4 is 11.6 Å². The highest BCUT2D eigenvalue weighted by molar-refractivity contribution is 6.22. The van der Waals surface area contributed by atoms with E-state index in [2.05, 4.69) is 12.1 Å². The Balaban J connectivity index is 2.06. The van der Waals surface area contributed by atoms with Gasteiger partial charge in [-0.15, -0.1) is 0 Å². The van der Waals surface area contributed by atoms with Crippen molar-refractivity contribution in [3.8, 4) is 0 Å². The zero-order valence-electron chi connectivity index (χ0n) is 6.96. The van der Waals surface area contributed by atoms with Crippen molar-refractivity contribution < 1.29 is 4.74 Å². The average molecular weight is 183 g/mol. The van der Waals surface area contributed by atoms with Gasteiger partial charge in [0.25, 0.3) is 0 Å². The molecule has 1 fully saturated rings. The molecule has 0 aliphatic carbocycles. The number of ether oxygens (including phenoxy) is 1. The fourth-order valence-electron chi connectivity index (χ4n) is 1.33. The standard InChI is InChI=1S/C10H11ClO/c1-10(9(11)12-10)7-8-5-3-2-4-6-8/h2-6,9H,7H2,1H3/t9?,10-/m1/s1. The molecule has 0 spiro atoms. The van der Waals surface area contributed by atoms with E-state index < -0.39 is 0 Å². The normalized spacial score (nSPS) is 33.3. The van der Waals surface area contributed by atoms with Crippen molar-refractivity contribution in [2.45, 2.75) is 24.5 Å². The van der Waals surface area contributed by atoms with E-state index in [0.717, 1.165) is 6.42 Å². The molecule has 0 bridgehead atoms. The fraction of sp³-hybridized carbons (Fsp3) is 0.400. The summed E-state index contributed by atoms with van der Waals surface area (Å²) in [5, 5.41) is 0. The second-order valence-electron chi connectivity index (χ2n) is 3.41. The van der Waals surface area contributed by atoms with Gasteiger partial charge < -0.3 is 4.74 Å². The Hall–Kier alpha value is -0.530. The summed E-state index contributed by atoms with van der Waals surface area (Å²) in [7, 11) is 0. The summed E-state index contributed by atoms with van der Waals surface area (Å²) in [6, 6.07) is 10.3. The van der Waals surface area contributed by atoms with Gasteiger partial charge in [0.2, 0.25) is 0 Å². The lowest BCUT2D eigenvalue weighted by atomic mass is 10.0. The molecule has 0 saturated carbocycles. The van der Waals surface area contributed by atoms with Crippen LogP contribution in [0.3, 0.4) is 0 Å². The third-order valence-corrected chi connectivity index (χ3v) is 2.74. The maximum atomic E-state index is 5.82. The van der Waals surface area contributed by atoms with E-state index in [-0.39, 0.29) is 11.2 Å². The Kier molecular flexibility index (Phi) is 1.85. The van der Waals surface area contributed by atoms with Crippen LogP contribution in [0.4, 0.5) is 0 Å². The molecule has 2 rings (SSSR count). The summed E-state index contributed by atoms with van der Waals surface area (Å²) in [5.74, 6) is 0. The highest BCUT2D eigenvalue weighted by atomic mass is 35.5. The SMILES string of the molecule is C[C@]1(Cc2ccccc2)OC1Cl. The lowest BCUT2D eigenvalue weighted by Gasteiger charge is -2.03. The van der Waals surface area contributed by atoms with Gasteiger partial charge in [-0.05, 0) is 12.5 Å². The molecule has 1 aliphatic heterocycles. The molecule has 2 atom stereocenters. The summed E-state index contributed by atoms with van der Waals surface area (Å²) < 4.78 is 5.27. The zero-order valence-corrected chi connectivity index (χ0v) is 7.71. The van der Waals surface area contributed by atoms with Gasteiger partial charge in [0.15, 0.2) is 5.56 Å². The smallest absolute Gasteiger partial charge is 0.160 e. The van der Waals surface area contributed by atoms with E-state index in [1.165, 1.54) is 5.56 Å². The molecule has 1 heterocycles. The van der Waals surface area contributed by atoms with Crippen LogP contribution in [0.1, 0.15) is 12.5 Å². The van der Waals surface area contributed by atoms with Gasteiger partial charge in [-0.2, -0.15) is 0 Å². The quantitative estimate of drug-likeness (QED) is 0.506. The highest BCUT2D eigenvalue weighted by Crippen LogP contribution is 2.41. The number of hydrogen-bond donors (Lipinski definition) is 0. The van der Waals surface area contributed by atoms with Gasteiger partial charge in [-0.25, -0.2) is 0 Å². The molecule has 2 heteroatoms. The molecular weight excluding hydrogens is 172 g/mol. The Morgan fingerprint density at radius 2 is 2.00 bits per heavy atom. The first-order valence-corrected chi connectivity index (χ1v) is 4.50. The molecule has 1 saturated heterocycles. The predicted octanol–water partition coefficient (Wildman–Crippen LogP) is 2.58. The molecule has 64 valence electrons. The van der Waals surface area contributed by atoms with Crippen molar-refractivity contribution in [1.29, 1.82) is 0 Å². The number of alkyl halides is 1. The first kappa shape index (κ1) is 8.09. The summed E-state index contributed by atoms with van der Waals surface area (Å²) in [6.45, 7) is 2.04. The van der Waals surface area contributed by atoms with Crippen LogP contribution in [0, 0.1) is 0 Å². The topological polar surface area (TPSA) is 12.5 Å². The molecule has 1 aromatic rings. The van der Waals surface area contributed by atoms with Crippen LogP contribution in [0.15, 0.2) is 30.3 Å². The van der Waals surface area contributed by atoms with Gasteiger partial charge in [0.05, 0.1) is 0 Å². The molecule has 0 amide bonds. The molecule has 1 unspecified atom stereocenters. The lowest BCUT2D eigenvalue weighted by Crippen LogP contribution is -2.10. The van der Waals surface area contributed by atoms with Crippen LogP contribution >= 0.6 is 11.6 Å². The molecule has 1 aliphatic rings. The first-order chi connectivity index (χ1) is 5.71. The van der Waals surface area contributed by atoms with Crippen molar-refractivity contribution in [1.82, 2.24) is 0 Å². The van der Waals surface area contributed by atoms with Crippen molar-refractivity contribution in [2.24, 2.45) is 0 Å². The van der Waals surface area contributed by atoms with E-state index >= 15 is 0 Å². The number of hydrogen-bond acceptors (Lipinski definition) is 1. The fourth-order valence-corrected chi connectivity index (χ4v) is 1.61. The number of epoxide rings is 1. The Bertz CT molecular complexity index is 272. The van der Waals surface area contributed by atoms with Crippen LogP contribution in [0.5, 0.6) is 0 Å². The molecule has 12 heavy (non-hydrogen) atoms. The Morgan fingerprint density at radius 3 is 2.50 bits per heavy atom. The van der Waals surface area contributed by atoms with Gasteiger partial charge >= 0.3 is 0 Å². The van der Waals surface area contributed by atoms with Gasteiger partial charge in [0, 0.05) is 6.42 Å². The number of rotatable bonds is 2. The van der Waals surface area contributed by atoms with Gasteiger partial charge in [0.1, 0.15) is 5.60 Å². The maximum absolute atomic E-state index is 5.82. The van der Waals surface area contributed by atoms with Crippen LogP contribution in [0.25, 0.3) is 0 Å². The van der Waals surface area contributed by atoms with Crippen LogP contribution < -0.4 is 0 Å². The minimum absolute atomic E-state index is 0.0993. The molecule has 1 nitrogen and oxygen atoms in total. The van der Waals surface area contributed by atoms with E-state index in [1.807, 2.05) is 25.1 Å². The van der Waals surface area contributed by atoms with E-state index in [4.69, 9.17) is 16.3 Å². The zero-order chi connectivity index (χ0) is 8.60. The monoisotopic (exact) mass is 182 g/mol. The number of halogens is 1. The summed E-state index contributed by atoms with van der Waals surface area (Å²) in [4.78, 5) is 0. The van der Waals surface area contributed by atoms with Crippen molar-refractivity contribution in [3.05, 3.63) is 35.9 Å². The van der Waals surface area contributed by atoms with Crippen LogP contribution in [0.2, 0.25) is 0 Å². The molecule has 0 aromatic heterocycles. The van der Waals surface area contributed by atoms with Crippen molar-refractivity contribution in [3.63, 3.8) is 0 Å². The van der Waals surface area contributed by atoms with E-state index in [9.17, 15) is 0 Å². The largest absolute Gasteiger partial charge is 0.349 e. The average Bonchev–Trinajstić information content (AvgIpc) is 2.61. The van der Waals surface area contributed by atoms with Crippen LogP contribution in [-0.4, -0.2) is 11.2 Å². The maximum Gasteiger partial charge on any atom is 0.160 e. The van der Waals surface area contributed by atoms with Crippen LogP contribution in [-0.2, 0) is 11.2 Å². The third kappa shape index (κ3) is 1.47. The summed E-state index contributed by atoms with van der Waals surface area (Å²) in [5.41, 5.74) is 1.06. The molecular formula is C10H11ClO. The third-order valence-electron chi connectivity index (χ3n) is 2.19. The molecule has 1 aromatic carbocycles. The number of benzene rings is 1. The lowest BCUT2D eigenvalue weighted by molar-refractivity contribution is 0.318. The second kappa shape index (κ2) is 2.75. The Morgan fingerprint density at radius 1 is 1.42 bits per heavy atom. The highest BCUT2D eigenvalue weighted by Gasteiger charge is 2.50. The molecule has 0 N–H and O–H groups in total.